The van der Waals surface area contributed by atoms with Crippen LogP contribution in [0.2, 0.25) is 0 Å². The van der Waals surface area contributed by atoms with E-state index in [1.807, 2.05) is 0 Å². The summed E-state index contributed by atoms with van der Waals surface area (Å²) in [6.07, 6.45) is 4.76. The zero-order chi connectivity index (χ0) is 10.0. The van der Waals surface area contributed by atoms with Gasteiger partial charge in [0.25, 0.3) is 0 Å². The minimum absolute atomic E-state index is 0.0624. The molecule has 4 N–H and O–H groups in total. The van der Waals surface area contributed by atoms with Crippen molar-refractivity contribution in [2.75, 3.05) is 0 Å². The van der Waals surface area contributed by atoms with Crippen LogP contribution in [0.15, 0.2) is 24.3 Å². The fourth-order valence-electron chi connectivity index (χ4n) is 2.27. The lowest BCUT2D eigenvalue weighted by molar-refractivity contribution is 0.461. The third kappa shape index (κ3) is 1.68. The van der Waals surface area contributed by atoms with E-state index in [-0.39, 0.29) is 5.54 Å². The van der Waals surface area contributed by atoms with E-state index >= 15 is 0 Å². The van der Waals surface area contributed by atoms with Gasteiger partial charge in [-0.25, -0.2) is 0 Å². The summed E-state index contributed by atoms with van der Waals surface area (Å²) in [7, 11) is 0. The summed E-state index contributed by atoms with van der Waals surface area (Å²) in [5, 5.41) is 0. The summed E-state index contributed by atoms with van der Waals surface area (Å²) < 4.78 is 0. The van der Waals surface area contributed by atoms with Crippen molar-refractivity contribution >= 4 is 0 Å². The van der Waals surface area contributed by atoms with Crippen LogP contribution in [-0.2, 0) is 12.1 Å². The first-order valence-electron chi connectivity index (χ1n) is 5.33. The lowest BCUT2D eigenvalue weighted by Gasteiger charge is -2.24. The molecule has 1 aliphatic carbocycles. The standard InChI is InChI=1S/C12H18N2/c13-9-10-3-5-11(6-4-10)12(14)7-1-2-8-12/h3-6H,1-2,7-9,13-14H2. The van der Waals surface area contributed by atoms with Gasteiger partial charge in [0.05, 0.1) is 0 Å². The Hall–Kier alpha value is -0.860. The largest absolute Gasteiger partial charge is 0.326 e. The molecule has 0 aliphatic heterocycles. The zero-order valence-corrected chi connectivity index (χ0v) is 8.50. The maximum Gasteiger partial charge on any atom is 0.0409 e. The quantitative estimate of drug-likeness (QED) is 0.748. The van der Waals surface area contributed by atoms with E-state index in [2.05, 4.69) is 24.3 Å². The highest BCUT2D eigenvalue weighted by Gasteiger charge is 2.30. The molecule has 0 unspecified atom stereocenters. The highest BCUT2D eigenvalue weighted by Crippen LogP contribution is 2.36. The molecule has 2 nitrogen and oxygen atoms in total. The Labute approximate surface area is 85.3 Å². The first-order valence-corrected chi connectivity index (χ1v) is 5.33. The monoisotopic (exact) mass is 190 g/mol. The number of benzene rings is 1. The third-order valence-corrected chi connectivity index (χ3v) is 3.26. The Balaban J connectivity index is 2.23. The predicted octanol–water partition coefficient (Wildman–Crippen LogP) is 1.87. The van der Waals surface area contributed by atoms with Gasteiger partial charge in [0.2, 0.25) is 0 Å². The molecule has 0 atom stereocenters. The van der Waals surface area contributed by atoms with Crippen molar-refractivity contribution < 1.29 is 0 Å². The minimum Gasteiger partial charge on any atom is -0.326 e. The summed E-state index contributed by atoms with van der Waals surface area (Å²) >= 11 is 0. The summed E-state index contributed by atoms with van der Waals surface area (Å²) in [6, 6.07) is 8.44. The maximum atomic E-state index is 6.34. The molecule has 1 saturated carbocycles. The van der Waals surface area contributed by atoms with Gasteiger partial charge in [0.1, 0.15) is 0 Å². The normalized spacial score (nSPS) is 19.9. The molecule has 0 radical (unpaired) electrons. The average molecular weight is 190 g/mol. The topological polar surface area (TPSA) is 52.0 Å². The van der Waals surface area contributed by atoms with Crippen LogP contribution in [0, 0.1) is 0 Å². The Bertz CT molecular complexity index is 297. The van der Waals surface area contributed by atoms with Crippen molar-refractivity contribution in [2.24, 2.45) is 11.5 Å². The number of hydrogen-bond acceptors (Lipinski definition) is 2. The summed E-state index contributed by atoms with van der Waals surface area (Å²) in [4.78, 5) is 0. The molecule has 0 spiro atoms. The predicted molar refractivity (Wildman–Crippen MR) is 58.7 cm³/mol. The average Bonchev–Trinajstić information content (AvgIpc) is 2.67. The van der Waals surface area contributed by atoms with Crippen LogP contribution in [0.25, 0.3) is 0 Å². The Kier molecular flexibility index (Phi) is 2.57. The van der Waals surface area contributed by atoms with Gasteiger partial charge in [-0.3, -0.25) is 0 Å². The molecular weight excluding hydrogens is 172 g/mol. The SMILES string of the molecule is NCc1ccc(C2(N)CCCC2)cc1. The van der Waals surface area contributed by atoms with Crippen LogP contribution in [0.3, 0.4) is 0 Å². The molecule has 0 aromatic heterocycles. The lowest BCUT2D eigenvalue weighted by Crippen LogP contribution is -2.32. The molecule has 1 fully saturated rings. The summed E-state index contributed by atoms with van der Waals surface area (Å²) in [6.45, 7) is 0.609. The van der Waals surface area contributed by atoms with Crippen LogP contribution in [0.4, 0.5) is 0 Å². The van der Waals surface area contributed by atoms with Crippen molar-refractivity contribution in [3.05, 3.63) is 35.4 Å². The van der Waals surface area contributed by atoms with E-state index < -0.39 is 0 Å². The third-order valence-electron chi connectivity index (χ3n) is 3.26. The fraction of sp³-hybridized carbons (Fsp3) is 0.500. The molecule has 1 aliphatic rings. The molecule has 2 rings (SSSR count). The Morgan fingerprint density at radius 1 is 1.07 bits per heavy atom. The zero-order valence-electron chi connectivity index (χ0n) is 8.50. The van der Waals surface area contributed by atoms with Crippen molar-refractivity contribution in [1.29, 1.82) is 0 Å². The van der Waals surface area contributed by atoms with Crippen molar-refractivity contribution in [3.8, 4) is 0 Å². The van der Waals surface area contributed by atoms with Crippen LogP contribution < -0.4 is 11.5 Å². The maximum absolute atomic E-state index is 6.34. The van der Waals surface area contributed by atoms with E-state index in [1.165, 1.54) is 24.0 Å². The minimum atomic E-state index is -0.0624. The highest BCUT2D eigenvalue weighted by molar-refractivity contribution is 5.29. The Morgan fingerprint density at radius 3 is 2.14 bits per heavy atom. The van der Waals surface area contributed by atoms with Crippen molar-refractivity contribution in [1.82, 2.24) is 0 Å². The second-order valence-electron chi connectivity index (χ2n) is 4.26. The summed E-state index contributed by atoms with van der Waals surface area (Å²) in [5.74, 6) is 0. The van der Waals surface area contributed by atoms with E-state index in [9.17, 15) is 0 Å². The molecule has 14 heavy (non-hydrogen) atoms. The molecule has 0 bridgehead atoms. The van der Waals surface area contributed by atoms with Gasteiger partial charge < -0.3 is 11.5 Å². The smallest absolute Gasteiger partial charge is 0.0409 e. The van der Waals surface area contributed by atoms with Crippen LogP contribution in [-0.4, -0.2) is 0 Å². The number of nitrogens with two attached hydrogens (primary N) is 2. The first kappa shape index (κ1) is 9.69. The molecule has 0 saturated heterocycles. The van der Waals surface area contributed by atoms with Crippen molar-refractivity contribution in [2.45, 2.75) is 37.8 Å². The van der Waals surface area contributed by atoms with Gasteiger partial charge in [0, 0.05) is 12.1 Å². The molecule has 0 amide bonds. The van der Waals surface area contributed by atoms with Gasteiger partial charge >= 0.3 is 0 Å². The molecular formula is C12H18N2. The molecule has 2 heteroatoms. The lowest BCUT2D eigenvalue weighted by atomic mass is 9.89. The molecule has 1 aromatic carbocycles. The molecule has 1 aromatic rings. The summed E-state index contributed by atoms with van der Waals surface area (Å²) in [5.41, 5.74) is 14.3. The van der Waals surface area contributed by atoms with Crippen LogP contribution in [0.5, 0.6) is 0 Å². The fourth-order valence-corrected chi connectivity index (χ4v) is 2.27. The van der Waals surface area contributed by atoms with Crippen molar-refractivity contribution in [3.63, 3.8) is 0 Å². The van der Waals surface area contributed by atoms with Crippen LogP contribution >= 0.6 is 0 Å². The second kappa shape index (κ2) is 3.71. The van der Waals surface area contributed by atoms with Gasteiger partial charge in [-0.1, -0.05) is 37.1 Å². The second-order valence-corrected chi connectivity index (χ2v) is 4.26. The van der Waals surface area contributed by atoms with Gasteiger partial charge in [-0.05, 0) is 24.0 Å². The van der Waals surface area contributed by atoms with Gasteiger partial charge in [-0.2, -0.15) is 0 Å². The number of hydrogen-bond donors (Lipinski definition) is 2. The molecule has 76 valence electrons. The van der Waals surface area contributed by atoms with E-state index in [0.29, 0.717) is 6.54 Å². The molecule has 0 heterocycles. The van der Waals surface area contributed by atoms with Crippen LogP contribution in [0.1, 0.15) is 36.8 Å². The Morgan fingerprint density at radius 2 is 1.64 bits per heavy atom. The van der Waals surface area contributed by atoms with E-state index in [1.54, 1.807) is 0 Å². The van der Waals surface area contributed by atoms with Gasteiger partial charge in [0.15, 0.2) is 0 Å². The van der Waals surface area contributed by atoms with E-state index in [0.717, 1.165) is 12.8 Å². The van der Waals surface area contributed by atoms with E-state index in [4.69, 9.17) is 11.5 Å². The van der Waals surface area contributed by atoms with Gasteiger partial charge in [-0.15, -0.1) is 0 Å². The highest BCUT2D eigenvalue weighted by atomic mass is 14.8. The first-order chi connectivity index (χ1) is 6.74. The number of rotatable bonds is 2.